The van der Waals surface area contributed by atoms with Crippen molar-refractivity contribution in [2.45, 2.75) is 6.18 Å². The van der Waals surface area contributed by atoms with E-state index in [1.54, 1.807) is 12.1 Å². The monoisotopic (exact) mass is 402 g/mol. The van der Waals surface area contributed by atoms with Gasteiger partial charge >= 0.3 is 130 Å². The fourth-order valence-corrected chi connectivity index (χ4v) is 4.73. The standard InChI is InChI=1S/C17H11F3Te/c18-17(19,20)15-8-6-12(7-9-15)14-10-16(21-11-14)13-4-2-1-3-5-13/h1-11H. The Labute approximate surface area is 130 Å². The zero-order chi connectivity index (χ0) is 14.9. The Hall–Kier alpha value is -1.50. The second kappa shape index (κ2) is 5.71. The van der Waals surface area contributed by atoms with Crippen molar-refractivity contribution in [3.05, 3.63) is 70.3 Å². The number of alkyl halides is 3. The van der Waals surface area contributed by atoms with Crippen LogP contribution >= 0.6 is 0 Å². The summed E-state index contributed by atoms with van der Waals surface area (Å²) in [5, 5.41) is 0. The molecule has 21 heavy (non-hydrogen) atoms. The summed E-state index contributed by atoms with van der Waals surface area (Å²) in [5.74, 6) is 0. The normalized spacial score (nSPS) is 11.6. The Balaban J connectivity index is 1.90. The van der Waals surface area contributed by atoms with E-state index in [9.17, 15) is 13.2 Å². The van der Waals surface area contributed by atoms with Crippen LogP contribution in [0.1, 0.15) is 5.56 Å². The first kappa shape index (κ1) is 14.4. The van der Waals surface area contributed by atoms with E-state index in [2.05, 4.69) is 22.3 Å². The Kier molecular flexibility index (Phi) is 3.93. The molecule has 3 aromatic rings. The van der Waals surface area contributed by atoms with Crippen LogP contribution in [0, 0.1) is 0 Å². The van der Waals surface area contributed by atoms with Crippen LogP contribution in [-0.4, -0.2) is 20.4 Å². The number of hydrogen-bond acceptors (Lipinski definition) is 0. The van der Waals surface area contributed by atoms with Gasteiger partial charge in [-0.3, -0.25) is 0 Å². The molecule has 3 rings (SSSR count). The summed E-state index contributed by atoms with van der Waals surface area (Å²) >= 11 is -0.409. The van der Waals surface area contributed by atoms with Crippen LogP contribution in [0.3, 0.4) is 0 Å². The molecule has 1 heterocycles. The van der Waals surface area contributed by atoms with Crippen LogP contribution in [0.25, 0.3) is 20.3 Å². The summed E-state index contributed by atoms with van der Waals surface area (Å²) in [6.07, 6.45) is -4.28. The zero-order valence-corrected chi connectivity index (χ0v) is 13.2. The van der Waals surface area contributed by atoms with Gasteiger partial charge in [-0.15, -0.1) is 0 Å². The van der Waals surface area contributed by atoms with Crippen molar-refractivity contribution in [2.75, 3.05) is 0 Å². The first-order valence-electron chi connectivity index (χ1n) is 6.35. The van der Waals surface area contributed by atoms with Gasteiger partial charge in [0.1, 0.15) is 0 Å². The maximum absolute atomic E-state index is 12.6. The van der Waals surface area contributed by atoms with Crippen LogP contribution in [0.15, 0.2) is 64.7 Å². The van der Waals surface area contributed by atoms with E-state index in [-0.39, 0.29) is 0 Å². The number of rotatable bonds is 2. The zero-order valence-electron chi connectivity index (χ0n) is 10.9. The molecule has 0 spiro atoms. The molecule has 0 radical (unpaired) electrons. The van der Waals surface area contributed by atoms with Crippen molar-refractivity contribution in [3.63, 3.8) is 0 Å². The van der Waals surface area contributed by atoms with Crippen molar-refractivity contribution < 1.29 is 13.2 Å². The summed E-state index contributed by atoms with van der Waals surface area (Å²) in [6, 6.07) is 17.6. The fourth-order valence-electron chi connectivity index (χ4n) is 2.09. The second-order valence-corrected chi connectivity index (χ2v) is 7.24. The first-order chi connectivity index (χ1) is 10.0. The van der Waals surface area contributed by atoms with E-state index >= 15 is 0 Å². The molecule has 1 aromatic heterocycles. The Morgan fingerprint density at radius 2 is 1.38 bits per heavy atom. The topological polar surface area (TPSA) is 0 Å². The molecule has 0 atom stereocenters. The van der Waals surface area contributed by atoms with Crippen molar-refractivity contribution in [1.29, 1.82) is 0 Å². The molecule has 0 nitrogen and oxygen atoms in total. The molecule has 106 valence electrons. The van der Waals surface area contributed by atoms with Gasteiger partial charge in [0.15, 0.2) is 0 Å². The van der Waals surface area contributed by atoms with E-state index in [1.807, 2.05) is 18.2 Å². The molecule has 0 aliphatic rings. The summed E-state index contributed by atoms with van der Waals surface area (Å²) < 4.78 is 41.2. The van der Waals surface area contributed by atoms with Crippen molar-refractivity contribution in [3.8, 4) is 20.3 Å². The van der Waals surface area contributed by atoms with Gasteiger partial charge in [-0.1, -0.05) is 0 Å². The molecule has 0 aliphatic carbocycles. The Bertz CT molecular complexity index is 725. The third-order valence-electron chi connectivity index (χ3n) is 3.20. The van der Waals surface area contributed by atoms with Gasteiger partial charge in [-0.25, -0.2) is 0 Å². The SMILES string of the molecule is FC(F)(F)c1ccc(-c2c[te]c(-c3ccccc3)c2)cc1. The molecule has 0 aliphatic heterocycles. The molecular formula is C17H11F3Te. The third-order valence-corrected chi connectivity index (χ3v) is 6.00. The van der Waals surface area contributed by atoms with Gasteiger partial charge in [0.2, 0.25) is 0 Å². The van der Waals surface area contributed by atoms with Gasteiger partial charge in [0.05, 0.1) is 0 Å². The van der Waals surface area contributed by atoms with E-state index < -0.39 is 32.2 Å². The molecule has 0 fully saturated rings. The minimum atomic E-state index is -4.28. The molecular weight excluding hydrogens is 389 g/mol. The summed E-state index contributed by atoms with van der Waals surface area (Å²) in [5.41, 5.74) is 2.48. The van der Waals surface area contributed by atoms with Crippen LogP contribution in [-0.2, 0) is 6.18 Å². The molecule has 0 saturated carbocycles. The summed E-state index contributed by atoms with van der Waals surface area (Å²) in [6.45, 7) is 0. The predicted molar refractivity (Wildman–Crippen MR) is 79.3 cm³/mol. The molecule has 4 heteroatoms. The summed E-state index contributed by atoms with van der Waals surface area (Å²) in [7, 11) is 0. The average Bonchev–Trinajstić information content (AvgIpc) is 2.97. The van der Waals surface area contributed by atoms with E-state index in [4.69, 9.17) is 0 Å². The van der Waals surface area contributed by atoms with E-state index in [1.165, 1.54) is 9.14 Å². The molecule has 0 saturated heterocycles. The van der Waals surface area contributed by atoms with E-state index in [0.29, 0.717) is 0 Å². The second-order valence-electron chi connectivity index (χ2n) is 4.64. The van der Waals surface area contributed by atoms with Gasteiger partial charge in [-0.05, 0) is 0 Å². The maximum atomic E-state index is 12.6. The fraction of sp³-hybridized carbons (Fsp3) is 0.0588. The molecule has 2 aromatic carbocycles. The Morgan fingerprint density at radius 3 is 2.00 bits per heavy atom. The van der Waals surface area contributed by atoms with Crippen LogP contribution in [0.2, 0.25) is 0 Å². The van der Waals surface area contributed by atoms with Gasteiger partial charge < -0.3 is 0 Å². The first-order valence-corrected chi connectivity index (χ1v) is 8.87. The van der Waals surface area contributed by atoms with Crippen molar-refractivity contribution in [1.82, 2.24) is 0 Å². The van der Waals surface area contributed by atoms with Gasteiger partial charge in [0, 0.05) is 0 Å². The molecule has 0 bridgehead atoms. The van der Waals surface area contributed by atoms with Crippen LogP contribution in [0.4, 0.5) is 13.2 Å². The molecule has 0 unspecified atom stereocenters. The third kappa shape index (κ3) is 3.23. The van der Waals surface area contributed by atoms with Crippen molar-refractivity contribution >= 4 is 20.4 Å². The molecule has 0 amide bonds. The summed E-state index contributed by atoms with van der Waals surface area (Å²) in [4.78, 5) is 0. The average molecular weight is 400 g/mol. The number of hydrogen-bond donors (Lipinski definition) is 0. The number of benzene rings is 2. The molecule has 0 N–H and O–H groups in total. The van der Waals surface area contributed by atoms with Gasteiger partial charge in [-0.2, -0.15) is 0 Å². The predicted octanol–water partition coefficient (Wildman–Crippen LogP) is 5.10. The van der Waals surface area contributed by atoms with Crippen LogP contribution in [0.5, 0.6) is 0 Å². The number of halogens is 3. The quantitative estimate of drug-likeness (QED) is 0.526. The van der Waals surface area contributed by atoms with Crippen LogP contribution < -0.4 is 0 Å². The van der Waals surface area contributed by atoms with Crippen molar-refractivity contribution in [2.24, 2.45) is 0 Å². The van der Waals surface area contributed by atoms with Gasteiger partial charge in [0.25, 0.3) is 0 Å². The Morgan fingerprint density at radius 1 is 0.714 bits per heavy atom. The minimum absolute atomic E-state index is 0.409. The van der Waals surface area contributed by atoms with E-state index in [0.717, 1.165) is 23.3 Å².